The highest BCUT2D eigenvalue weighted by molar-refractivity contribution is 5.44. The first kappa shape index (κ1) is 15.1. The van der Waals surface area contributed by atoms with Crippen molar-refractivity contribution in [1.29, 1.82) is 0 Å². The zero-order valence-corrected chi connectivity index (χ0v) is 11.8. The third-order valence-corrected chi connectivity index (χ3v) is 3.27. The molecule has 2 N–H and O–H groups in total. The van der Waals surface area contributed by atoms with Crippen LogP contribution in [0.25, 0.3) is 0 Å². The van der Waals surface area contributed by atoms with Gasteiger partial charge in [0.25, 0.3) is 5.69 Å². The van der Waals surface area contributed by atoms with Crippen molar-refractivity contribution >= 4 is 5.69 Å². The van der Waals surface area contributed by atoms with E-state index in [4.69, 9.17) is 0 Å². The van der Waals surface area contributed by atoms with Crippen LogP contribution in [0.5, 0.6) is 0 Å². The molecule has 0 aliphatic carbocycles. The Hall–Kier alpha value is -2.25. The van der Waals surface area contributed by atoms with Crippen LogP contribution < -0.4 is 5.32 Å². The Morgan fingerprint density at radius 1 is 1.48 bits per heavy atom. The van der Waals surface area contributed by atoms with Gasteiger partial charge in [0.1, 0.15) is 0 Å². The van der Waals surface area contributed by atoms with Crippen molar-refractivity contribution in [3.8, 4) is 0 Å². The molecule has 0 fully saturated rings. The van der Waals surface area contributed by atoms with Crippen LogP contribution in [0.3, 0.4) is 0 Å². The minimum absolute atomic E-state index is 0.117. The van der Waals surface area contributed by atoms with Gasteiger partial charge in [-0.15, -0.1) is 0 Å². The topological polar surface area (TPSA) is 93.2 Å². The molecule has 1 unspecified atom stereocenters. The molecule has 0 aliphatic heterocycles. The second kappa shape index (κ2) is 6.96. The second-order valence-corrected chi connectivity index (χ2v) is 4.83. The quantitative estimate of drug-likeness (QED) is 0.591. The molecular formula is C14H18N4O3. The van der Waals surface area contributed by atoms with Crippen molar-refractivity contribution in [2.45, 2.75) is 26.1 Å². The lowest BCUT2D eigenvalue weighted by Gasteiger charge is -2.13. The molecule has 1 aromatic heterocycles. The van der Waals surface area contributed by atoms with Crippen molar-refractivity contribution in [3.05, 3.63) is 57.9 Å². The summed E-state index contributed by atoms with van der Waals surface area (Å²) in [6.07, 6.45) is 2.88. The molecule has 0 bridgehead atoms. The number of rotatable bonds is 7. The van der Waals surface area contributed by atoms with Crippen LogP contribution in [0, 0.1) is 17.0 Å². The number of hydrogen-bond donors (Lipinski definition) is 2. The number of nitrogens with one attached hydrogen (secondary N) is 1. The maximum Gasteiger partial charge on any atom is 0.272 e. The molecule has 1 heterocycles. The summed E-state index contributed by atoms with van der Waals surface area (Å²) < 4.78 is 1.66. The fourth-order valence-electron chi connectivity index (χ4n) is 2.12. The number of aromatic nitrogens is 2. The van der Waals surface area contributed by atoms with E-state index in [-0.39, 0.29) is 10.6 Å². The monoisotopic (exact) mass is 290 g/mol. The Morgan fingerprint density at radius 2 is 2.29 bits per heavy atom. The summed E-state index contributed by atoms with van der Waals surface area (Å²) >= 11 is 0. The first-order valence-corrected chi connectivity index (χ1v) is 6.67. The molecule has 0 amide bonds. The molecule has 1 aromatic carbocycles. The molecule has 0 radical (unpaired) electrons. The summed E-state index contributed by atoms with van der Waals surface area (Å²) in [5.74, 6) is 0. The third kappa shape index (κ3) is 4.11. The molecule has 0 saturated carbocycles. The molecule has 2 aromatic rings. The maximum absolute atomic E-state index is 10.9. The van der Waals surface area contributed by atoms with Crippen LogP contribution in [0.1, 0.15) is 11.1 Å². The highest BCUT2D eigenvalue weighted by atomic mass is 16.6. The lowest BCUT2D eigenvalue weighted by atomic mass is 10.1. The predicted molar refractivity (Wildman–Crippen MR) is 77.8 cm³/mol. The smallest absolute Gasteiger partial charge is 0.272 e. The summed E-state index contributed by atoms with van der Waals surface area (Å²) in [5.41, 5.74) is 1.62. The first-order valence-electron chi connectivity index (χ1n) is 6.67. The minimum atomic E-state index is -0.566. The van der Waals surface area contributed by atoms with Gasteiger partial charge in [0, 0.05) is 37.1 Å². The Balaban J connectivity index is 1.86. The number of aliphatic hydroxyl groups is 1. The molecule has 0 saturated heterocycles. The first-order chi connectivity index (χ1) is 10.1. The second-order valence-electron chi connectivity index (χ2n) is 4.83. The van der Waals surface area contributed by atoms with Crippen molar-refractivity contribution < 1.29 is 10.0 Å². The van der Waals surface area contributed by atoms with Gasteiger partial charge >= 0.3 is 0 Å². The van der Waals surface area contributed by atoms with Crippen molar-refractivity contribution in [3.63, 3.8) is 0 Å². The van der Waals surface area contributed by atoms with Crippen molar-refractivity contribution in [2.24, 2.45) is 0 Å². The van der Waals surface area contributed by atoms with E-state index in [9.17, 15) is 15.2 Å². The Bertz CT molecular complexity index is 598. The van der Waals surface area contributed by atoms with E-state index in [2.05, 4.69) is 10.4 Å². The summed E-state index contributed by atoms with van der Waals surface area (Å²) in [7, 11) is 0. The van der Waals surface area contributed by atoms with Gasteiger partial charge in [0.2, 0.25) is 0 Å². The molecule has 0 aliphatic rings. The van der Waals surface area contributed by atoms with Gasteiger partial charge in [-0.05, 0) is 18.6 Å². The molecule has 2 rings (SSSR count). The standard InChI is InChI=1S/C14H18N4O3/c1-11-12(4-2-5-14(11)18(20)21)8-15-9-13(19)10-17-7-3-6-16-17/h2-7,13,15,19H,8-10H2,1H3. The number of hydrogen-bond acceptors (Lipinski definition) is 5. The van der Waals surface area contributed by atoms with Crippen LogP contribution in [0.4, 0.5) is 5.69 Å². The fourth-order valence-corrected chi connectivity index (χ4v) is 2.12. The molecule has 0 spiro atoms. The average molecular weight is 290 g/mol. The Labute approximate surface area is 122 Å². The highest BCUT2D eigenvalue weighted by Gasteiger charge is 2.13. The average Bonchev–Trinajstić information content (AvgIpc) is 2.93. The summed E-state index contributed by atoms with van der Waals surface area (Å²) in [6, 6.07) is 6.80. The minimum Gasteiger partial charge on any atom is -0.390 e. The van der Waals surface area contributed by atoms with Gasteiger partial charge in [-0.1, -0.05) is 12.1 Å². The molecule has 7 nitrogen and oxygen atoms in total. The van der Waals surface area contributed by atoms with Crippen LogP contribution in [-0.2, 0) is 13.1 Å². The van der Waals surface area contributed by atoms with E-state index in [0.717, 1.165) is 5.56 Å². The normalized spacial score (nSPS) is 12.3. The molecule has 112 valence electrons. The van der Waals surface area contributed by atoms with Gasteiger partial charge in [0.15, 0.2) is 0 Å². The fraction of sp³-hybridized carbons (Fsp3) is 0.357. The number of nitro benzene ring substituents is 1. The van der Waals surface area contributed by atoms with E-state index in [1.165, 1.54) is 6.07 Å². The lowest BCUT2D eigenvalue weighted by Crippen LogP contribution is -2.30. The van der Waals surface area contributed by atoms with Gasteiger partial charge in [-0.25, -0.2) is 0 Å². The van der Waals surface area contributed by atoms with E-state index < -0.39 is 6.10 Å². The molecule has 1 atom stereocenters. The Kier molecular flexibility index (Phi) is 5.02. The van der Waals surface area contributed by atoms with E-state index in [1.807, 2.05) is 6.07 Å². The number of benzene rings is 1. The van der Waals surface area contributed by atoms with E-state index >= 15 is 0 Å². The lowest BCUT2D eigenvalue weighted by molar-refractivity contribution is -0.385. The summed E-state index contributed by atoms with van der Waals surface area (Å²) in [5, 5.41) is 27.9. The van der Waals surface area contributed by atoms with Gasteiger partial charge < -0.3 is 10.4 Å². The number of nitrogens with zero attached hydrogens (tertiary/aromatic N) is 3. The van der Waals surface area contributed by atoms with Crippen LogP contribution in [-0.4, -0.2) is 32.5 Å². The predicted octanol–water partition coefficient (Wildman–Crippen LogP) is 1.25. The van der Waals surface area contributed by atoms with Gasteiger partial charge in [0.05, 0.1) is 17.6 Å². The Morgan fingerprint density at radius 3 is 2.95 bits per heavy atom. The zero-order valence-electron chi connectivity index (χ0n) is 11.8. The van der Waals surface area contributed by atoms with E-state index in [0.29, 0.717) is 25.2 Å². The number of aliphatic hydroxyl groups excluding tert-OH is 1. The highest BCUT2D eigenvalue weighted by Crippen LogP contribution is 2.20. The van der Waals surface area contributed by atoms with Crippen LogP contribution in [0.2, 0.25) is 0 Å². The van der Waals surface area contributed by atoms with Gasteiger partial charge in [-0.3, -0.25) is 14.8 Å². The molecular weight excluding hydrogens is 272 g/mol. The largest absolute Gasteiger partial charge is 0.390 e. The van der Waals surface area contributed by atoms with E-state index in [1.54, 1.807) is 36.1 Å². The molecule has 7 heteroatoms. The van der Waals surface area contributed by atoms with Crippen LogP contribution >= 0.6 is 0 Å². The van der Waals surface area contributed by atoms with Gasteiger partial charge in [-0.2, -0.15) is 5.10 Å². The summed E-state index contributed by atoms with van der Waals surface area (Å²) in [4.78, 5) is 10.5. The van der Waals surface area contributed by atoms with Crippen molar-refractivity contribution in [1.82, 2.24) is 15.1 Å². The van der Waals surface area contributed by atoms with Crippen molar-refractivity contribution in [2.75, 3.05) is 6.54 Å². The third-order valence-electron chi connectivity index (χ3n) is 3.27. The number of nitro groups is 1. The maximum atomic E-state index is 10.9. The SMILES string of the molecule is Cc1c(CNCC(O)Cn2cccn2)cccc1[N+](=O)[O-]. The molecule has 21 heavy (non-hydrogen) atoms. The summed E-state index contributed by atoms with van der Waals surface area (Å²) in [6.45, 7) is 3.01. The zero-order chi connectivity index (χ0) is 15.2. The van der Waals surface area contributed by atoms with Crippen LogP contribution in [0.15, 0.2) is 36.7 Å².